The molecule has 1 N–H and O–H groups in total. The third kappa shape index (κ3) is 3.40. The molecule has 106 valence electrons. The van der Waals surface area contributed by atoms with Crippen molar-refractivity contribution in [3.63, 3.8) is 0 Å². The van der Waals surface area contributed by atoms with Crippen LogP contribution in [-0.4, -0.2) is 11.7 Å². The van der Waals surface area contributed by atoms with E-state index in [4.69, 9.17) is 4.74 Å². The van der Waals surface area contributed by atoms with Crippen LogP contribution >= 0.6 is 31.9 Å². The normalized spacial score (nSPS) is 12.2. The largest absolute Gasteiger partial charge is 0.494 e. The predicted molar refractivity (Wildman–Crippen MR) is 83.5 cm³/mol. The van der Waals surface area contributed by atoms with Crippen LogP contribution in [0.2, 0.25) is 0 Å². The molecule has 1 unspecified atom stereocenters. The van der Waals surface area contributed by atoms with Gasteiger partial charge < -0.3 is 9.84 Å². The molecule has 0 aliphatic carbocycles. The maximum atomic E-state index is 13.2. The van der Waals surface area contributed by atoms with E-state index >= 15 is 0 Å². The lowest BCUT2D eigenvalue weighted by atomic mass is 10.0. The molecule has 20 heavy (non-hydrogen) atoms. The first kappa shape index (κ1) is 15.5. The molecule has 0 amide bonds. The Morgan fingerprint density at radius 2 is 1.90 bits per heavy atom. The minimum atomic E-state index is -0.836. The standard InChI is InChI=1S/C15H13Br2FO2/c1-2-20-10-4-5-11(12(16)8-10)15(19)9-3-6-14(18)13(17)7-9/h3-8,15,19H,2H2,1H3. The maximum absolute atomic E-state index is 13.2. The van der Waals surface area contributed by atoms with Gasteiger partial charge in [-0.15, -0.1) is 0 Å². The summed E-state index contributed by atoms with van der Waals surface area (Å²) in [6.07, 6.45) is -0.836. The Balaban J connectivity index is 2.32. The lowest BCUT2D eigenvalue weighted by Gasteiger charge is -2.15. The highest BCUT2D eigenvalue weighted by Gasteiger charge is 2.15. The number of rotatable bonds is 4. The van der Waals surface area contributed by atoms with Crippen molar-refractivity contribution in [3.05, 3.63) is 62.3 Å². The second-order valence-electron chi connectivity index (χ2n) is 4.19. The van der Waals surface area contributed by atoms with Gasteiger partial charge in [0, 0.05) is 4.47 Å². The highest BCUT2D eigenvalue weighted by molar-refractivity contribution is 9.10. The van der Waals surface area contributed by atoms with Gasteiger partial charge >= 0.3 is 0 Å². The number of benzene rings is 2. The Labute approximate surface area is 133 Å². The first-order chi connectivity index (χ1) is 9.52. The van der Waals surface area contributed by atoms with Gasteiger partial charge in [-0.05, 0) is 58.2 Å². The SMILES string of the molecule is CCOc1ccc(C(O)c2ccc(F)c(Br)c2)c(Br)c1. The summed E-state index contributed by atoms with van der Waals surface area (Å²) in [4.78, 5) is 0. The van der Waals surface area contributed by atoms with Gasteiger partial charge in [0.2, 0.25) is 0 Å². The highest BCUT2D eigenvalue weighted by Crippen LogP contribution is 2.32. The summed E-state index contributed by atoms with van der Waals surface area (Å²) in [5.41, 5.74) is 1.31. The molecule has 2 rings (SSSR count). The Kier molecular flexibility index (Phi) is 5.18. The van der Waals surface area contributed by atoms with E-state index in [9.17, 15) is 9.50 Å². The summed E-state index contributed by atoms with van der Waals surface area (Å²) in [7, 11) is 0. The fraction of sp³-hybridized carbons (Fsp3) is 0.200. The maximum Gasteiger partial charge on any atom is 0.137 e. The number of hydrogen-bond donors (Lipinski definition) is 1. The molecular formula is C15H13Br2FO2. The van der Waals surface area contributed by atoms with Crippen LogP contribution in [0.5, 0.6) is 5.75 Å². The Morgan fingerprint density at radius 3 is 2.50 bits per heavy atom. The predicted octanol–water partition coefficient (Wildman–Crippen LogP) is 4.83. The van der Waals surface area contributed by atoms with Gasteiger partial charge in [-0.3, -0.25) is 0 Å². The van der Waals surface area contributed by atoms with Crippen molar-refractivity contribution >= 4 is 31.9 Å². The van der Waals surface area contributed by atoms with Crippen molar-refractivity contribution in [2.24, 2.45) is 0 Å². The zero-order valence-corrected chi connectivity index (χ0v) is 13.9. The van der Waals surface area contributed by atoms with Gasteiger partial charge in [-0.25, -0.2) is 4.39 Å². The summed E-state index contributed by atoms with van der Waals surface area (Å²) < 4.78 is 19.7. The molecule has 0 saturated carbocycles. The number of halogens is 3. The summed E-state index contributed by atoms with van der Waals surface area (Å²) >= 11 is 6.54. The van der Waals surface area contributed by atoms with E-state index in [2.05, 4.69) is 31.9 Å². The Hall–Kier alpha value is -0.910. The van der Waals surface area contributed by atoms with Crippen LogP contribution in [0, 0.1) is 5.82 Å². The molecule has 2 aromatic rings. The summed E-state index contributed by atoms with van der Waals surface area (Å²) in [6.45, 7) is 2.49. The van der Waals surface area contributed by atoms with Crippen LogP contribution < -0.4 is 4.74 Å². The van der Waals surface area contributed by atoms with Gasteiger partial charge in [0.1, 0.15) is 17.7 Å². The van der Waals surface area contributed by atoms with Crippen LogP contribution in [-0.2, 0) is 0 Å². The molecule has 0 aromatic heterocycles. The fourth-order valence-electron chi connectivity index (χ4n) is 1.85. The van der Waals surface area contributed by atoms with E-state index in [1.165, 1.54) is 6.07 Å². The van der Waals surface area contributed by atoms with Gasteiger partial charge in [0.25, 0.3) is 0 Å². The Bertz CT molecular complexity index is 617. The molecule has 0 radical (unpaired) electrons. The van der Waals surface area contributed by atoms with Crippen molar-refractivity contribution in [2.45, 2.75) is 13.0 Å². The molecule has 1 atom stereocenters. The van der Waals surface area contributed by atoms with Gasteiger partial charge in [0.15, 0.2) is 0 Å². The monoisotopic (exact) mass is 402 g/mol. The summed E-state index contributed by atoms with van der Waals surface area (Å²) in [6, 6.07) is 9.85. The quantitative estimate of drug-likeness (QED) is 0.791. The minimum absolute atomic E-state index is 0.330. The number of aliphatic hydroxyl groups is 1. The fourth-order valence-corrected chi connectivity index (χ4v) is 2.82. The second kappa shape index (κ2) is 6.70. The third-order valence-corrected chi connectivity index (χ3v) is 4.13. The zero-order valence-electron chi connectivity index (χ0n) is 10.7. The Morgan fingerprint density at radius 1 is 1.15 bits per heavy atom. The zero-order chi connectivity index (χ0) is 14.7. The van der Waals surface area contributed by atoms with E-state index in [1.807, 2.05) is 6.92 Å². The van der Waals surface area contributed by atoms with Crippen LogP contribution in [0.3, 0.4) is 0 Å². The van der Waals surface area contributed by atoms with Gasteiger partial charge in [-0.1, -0.05) is 28.1 Å². The number of hydrogen-bond acceptors (Lipinski definition) is 2. The van der Waals surface area contributed by atoms with E-state index in [0.29, 0.717) is 22.2 Å². The smallest absolute Gasteiger partial charge is 0.137 e. The molecule has 0 heterocycles. The molecule has 2 nitrogen and oxygen atoms in total. The molecule has 0 spiro atoms. The molecule has 0 aliphatic heterocycles. The van der Waals surface area contributed by atoms with Gasteiger partial charge in [0.05, 0.1) is 11.1 Å². The minimum Gasteiger partial charge on any atom is -0.494 e. The highest BCUT2D eigenvalue weighted by atomic mass is 79.9. The average molecular weight is 404 g/mol. The molecule has 0 aliphatic rings. The van der Waals surface area contributed by atoms with Crippen molar-refractivity contribution in [1.82, 2.24) is 0 Å². The molecule has 0 fully saturated rings. The van der Waals surface area contributed by atoms with Crippen molar-refractivity contribution in [3.8, 4) is 5.75 Å². The molecular weight excluding hydrogens is 391 g/mol. The van der Waals surface area contributed by atoms with Crippen LogP contribution in [0.1, 0.15) is 24.2 Å². The first-order valence-corrected chi connectivity index (χ1v) is 7.66. The van der Waals surface area contributed by atoms with Crippen molar-refractivity contribution in [1.29, 1.82) is 0 Å². The number of aliphatic hydroxyl groups excluding tert-OH is 1. The second-order valence-corrected chi connectivity index (χ2v) is 5.90. The third-order valence-electron chi connectivity index (χ3n) is 2.84. The molecule has 0 saturated heterocycles. The summed E-state index contributed by atoms with van der Waals surface area (Å²) in [5, 5.41) is 10.4. The lowest BCUT2D eigenvalue weighted by Crippen LogP contribution is -2.02. The molecule has 5 heteroatoms. The van der Waals surface area contributed by atoms with Crippen LogP contribution in [0.4, 0.5) is 4.39 Å². The van der Waals surface area contributed by atoms with Gasteiger partial charge in [-0.2, -0.15) is 0 Å². The average Bonchev–Trinajstić information content (AvgIpc) is 2.42. The van der Waals surface area contributed by atoms with E-state index in [-0.39, 0.29) is 5.82 Å². The lowest BCUT2D eigenvalue weighted by molar-refractivity contribution is 0.219. The molecule has 0 bridgehead atoms. The van der Waals surface area contributed by atoms with E-state index < -0.39 is 6.10 Å². The first-order valence-electron chi connectivity index (χ1n) is 6.08. The van der Waals surface area contributed by atoms with E-state index in [1.54, 1.807) is 30.3 Å². The van der Waals surface area contributed by atoms with Crippen molar-refractivity contribution in [2.75, 3.05) is 6.61 Å². The number of ether oxygens (including phenoxy) is 1. The van der Waals surface area contributed by atoms with Crippen molar-refractivity contribution < 1.29 is 14.2 Å². The van der Waals surface area contributed by atoms with Crippen LogP contribution in [0.15, 0.2) is 45.3 Å². The topological polar surface area (TPSA) is 29.5 Å². The summed E-state index contributed by atoms with van der Waals surface area (Å²) in [5.74, 6) is 0.377. The molecule has 2 aromatic carbocycles. The van der Waals surface area contributed by atoms with E-state index in [0.717, 1.165) is 10.2 Å². The van der Waals surface area contributed by atoms with Crippen LogP contribution in [0.25, 0.3) is 0 Å².